The SMILES string of the molecule is CCOC(=O)CC(=O)C=NNc1ccc(Cl)cc1. The first kappa shape index (κ1) is 14.2. The van der Waals surface area contributed by atoms with Crippen molar-refractivity contribution in [3.05, 3.63) is 29.3 Å². The number of ether oxygens (including phenoxy) is 1. The minimum Gasteiger partial charge on any atom is -0.466 e. The number of hydrogen-bond acceptors (Lipinski definition) is 5. The number of hydrogen-bond donors (Lipinski definition) is 1. The van der Waals surface area contributed by atoms with Crippen molar-refractivity contribution in [1.29, 1.82) is 0 Å². The van der Waals surface area contributed by atoms with Crippen LogP contribution in [0.3, 0.4) is 0 Å². The van der Waals surface area contributed by atoms with Crippen molar-refractivity contribution in [2.75, 3.05) is 12.0 Å². The molecular weight excluding hydrogens is 256 g/mol. The third-order valence-corrected chi connectivity index (χ3v) is 2.12. The van der Waals surface area contributed by atoms with E-state index < -0.39 is 11.8 Å². The van der Waals surface area contributed by atoms with Gasteiger partial charge < -0.3 is 4.74 Å². The van der Waals surface area contributed by atoms with Gasteiger partial charge in [-0.25, -0.2) is 0 Å². The highest BCUT2D eigenvalue weighted by molar-refractivity contribution is 6.31. The lowest BCUT2D eigenvalue weighted by Gasteiger charge is -1.99. The fourth-order valence-electron chi connectivity index (χ4n) is 1.10. The summed E-state index contributed by atoms with van der Waals surface area (Å²) in [5, 5.41) is 4.32. The van der Waals surface area contributed by atoms with Gasteiger partial charge in [0.1, 0.15) is 6.42 Å². The molecule has 0 heterocycles. The molecule has 1 rings (SSSR count). The number of rotatable bonds is 6. The molecule has 0 aliphatic rings. The summed E-state index contributed by atoms with van der Waals surface area (Å²) in [4.78, 5) is 22.2. The molecule has 18 heavy (non-hydrogen) atoms. The summed E-state index contributed by atoms with van der Waals surface area (Å²) >= 11 is 5.71. The molecule has 0 radical (unpaired) electrons. The fraction of sp³-hybridized carbons (Fsp3) is 0.250. The Morgan fingerprint density at radius 1 is 1.39 bits per heavy atom. The van der Waals surface area contributed by atoms with E-state index in [9.17, 15) is 9.59 Å². The first-order valence-corrected chi connectivity index (χ1v) is 5.72. The zero-order valence-electron chi connectivity index (χ0n) is 9.85. The highest BCUT2D eigenvalue weighted by atomic mass is 35.5. The van der Waals surface area contributed by atoms with E-state index >= 15 is 0 Å². The fourth-order valence-corrected chi connectivity index (χ4v) is 1.23. The summed E-state index contributed by atoms with van der Waals surface area (Å²) in [5.41, 5.74) is 3.34. The molecule has 6 heteroatoms. The lowest BCUT2D eigenvalue weighted by Crippen LogP contribution is -2.12. The predicted molar refractivity (Wildman–Crippen MR) is 69.8 cm³/mol. The van der Waals surface area contributed by atoms with Gasteiger partial charge in [-0.3, -0.25) is 15.0 Å². The van der Waals surface area contributed by atoms with Crippen LogP contribution < -0.4 is 5.43 Å². The zero-order valence-corrected chi connectivity index (χ0v) is 10.6. The van der Waals surface area contributed by atoms with E-state index in [1.807, 2.05) is 0 Å². The van der Waals surface area contributed by atoms with Crippen molar-refractivity contribution in [3.8, 4) is 0 Å². The predicted octanol–water partition coefficient (Wildman–Crippen LogP) is 2.26. The highest BCUT2D eigenvalue weighted by Gasteiger charge is 2.07. The number of hydrazone groups is 1. The second kappa shape index (κ2) is 7.45. The third-order valence-electron chi connectivity index (χ3n) is 1.87. The molecule has 96 valence electrons. The minimum atomic E-state index is -0.555. The third kappa shape index (κ3) is 5.45. The summed E-state index contributed by atoms with van der Waals surface area (Å²) in [7, 11) is 0. The quantitative estimate of drug-likeness (QED) is 0.372. The Morgan fingerprint density at radius 3 is 2.67 bits per heavy atom. The standard InChI is InChI=1S/C12H13ClN2O3/c1-2-18-12(17)7-11(16)8-14-15-10-5-3-9(13)4-6-10/h3-6,8,15H,2,7H2,1H3. The molecular formula is C12H13ClN2O3. The van der Waals surface area contributed by atoms with Crippen molar-refractivity contribution in [2.24, 2.45) is 5.10 Å². The number of benzene rings is 1. The number of carbonyl (C=O) groups excluding carboxylic acids is 2. The molecule has 1 N–H and O–H groups in total. The molecule has 1 aromatic carbocycles. The zero-order chi connectivity index (χ0) is 13.4. The molecule has 0 saturated heterocycles. The number of halogens is 1. The van der Waals surface area contributed by atoms with E-state index in [1.54, 1.807) is 31.2 Å². The molecule has 0 atom stereocenters. The maximum Gasteiger partial charge on any atom is 0.313 e. The molecule has 0 aliphatic heterocycles. The van der Waals surface area contributed by atoms with Crippen LogP contribution in [0.1, 0.15) is 13.3 Å². The van der Waals surface area contributed by atoms with E-state index in [4.69, 9.17) is 11.6 Å². The Labute approximate surface area is 110 Å². The van der Waals surface area contributed by atoms with E-state index in [0.29, 0.717) is 10.7 Å². The number of anilines is 1. The Hall–Kier alpha value is -1.88. The van der Waals surface area contributed by atoms with Gasteiger partial charge in [0.2, 0.25) is 0 Å². The average molecular weight is 269 g/mol. The number of ketones is 1. The molecule has 0 aromatic heterocycles. The normalized spacial score (nSPS) is 10.3. The van der Waals surface area contributed by atoms with Crippen LogP contribution >= 0.6 is 11.6 Å². The molecule has 0 amide bonds. The van der Waals surface area contributed by atoms with Crippen molar-refractivity contribution in [1.82, 2.24) is 0 Å². The van der Waals surface area contributed by atoms with Gasteiger partial charge in [0.05, 0.1) is 18.5 Å². The molecule has 0 unspecified atom stereocenters. The summed E-state index contributed by atoms with van der Waals surface area (Å²) in [6.45, 7) is 1.94. The minimum absolute atomic E-state index is 0.256. The van der Waals surface area contributed by atoms with Gasteiger partial charge in [-0.05, 0) is 31.2 Å². The van der Waals surface area contributed by atoms with Crippen LogP contribution in [0.2, 0.25) is 5.02 Å². The van der Waals surface area contributed by atoms with E-state index in [0.717, 1.165) is 6.21 Å². The van der Waals surface area contributed by atoms with E-state index in [-0.39, 0.29) is 13.0 Å². The largest absolute Gasteiger partial charge is 0.466 e. The van der Waals surface area contributed by atoms with Crippen LogP contribution in [0.4, 0.5) is 5.69 Å². The molecule has 0 aliphatic carbocycles. The second-order valence-electron chi connectivity index (χ2n) is 3.33. The molecule has 0 bridgehead atoms. The van der Waals surface area contributed by atoms with Crippen LogP contribution in [0, 0.1) is 0 Å². The van der Waals surface area contributed by atoms with Gasteiger partial charge in [-0.2, -0.15) is 5.10 Å². The van der Waals surface area contributed by atoms with Gasteiger partial charge in [0.25, 0.3) is 0 Å². The molecule has 0 fully saturated rings. The smallest absolute Gasteiger partial charge is 0.313 e. The maximum absolute atomic E-state index is 11.3. The van der Waals surface area contributed by atoms with Crippen molar-refractivity contribution < 1.29 is 14.3 Å². The second-order valence-corrected chi connectivity index (χ2v) is 3.76. The summed E-state index contributed by atoms with van der Waals surface area (Å²) in [6, 6.07) is 6.82. The monoisotopic (exact) mass is 268 g/mol. The van der Waals surface area contributed by atoms with Crippen LogP contribution in [0.15, 0.2) is 29.4 Å². The summed E-state index contributed by atoms with van der Waals surface area (Å²) < 4.78 is 4.63. The van der Waals surface area contributed by atoms with Gasteiger partial charge in [-0.1, -0.05) is 11.6 Å². The Kier molecular flexibility index (Phi) is 5.87. The summed E-state index contributed by atoms with van der Waals surface area (Å²) in [5.74, 6) is -0.977. The maximum atomic E-state index is 11.3. The van der Waals surface area contributed by atoms with Crippen LogP contribution in [-0.4, -0.2) is 24.6 Å². The average Bonchev–Trinajstić information content (AvgIpc) is 2.32. The lowest BCUT2D eigenvalue weighted by molar-refractivity contribution is -0.144. The molecule has 1 aromatic rings. The Bertz CT molecular complexity index is 443. The Balaban J connectivity index is 2.38. The number of Topliss-reactive ketones (excluding diaryl/α,β-unsaturated/α-hetero) is 1. The van der Waals surface area contributed by atoms with Gasteiger partial charge in [0.15, 0.2) is 5.78 Å². The van der Waals surface area contributed by atoms with Crippen molar-refractivity contribution >= 4 is 35.3 Å². The number of nitrogens with zero attached hydrogens (tertiary/aromatic N) is 1. The van der Waals surface area contributed by atoms with Crippen LogP contribution in [0.5, 0.6) is 0 Å². The molecule has 5 nitrogen and oxygen atoms in total. The van der Waals surface area contributed by atoms with Crippen LogP contribution in [-0.2, 0) is 14.3 Å². The number of esters is 1. The van der Waals surface area contributed by atoms with E-state index in [2.05, 4.69) is 15.3 Å². The van der Waals surface area contributed by atoms with Crippen molar-refractivity contribution in [3.63, 3.8) is 0 Å². The lowest BCUT2D eigenvalue weighted by atomic mass is 10.3. The Morgan fingerprint density at radius 2 is 2.06 bits per heavy atom. The van der Waals surface area contributed by atoms with Gasteiger partial charge in [0, 0.05) is 5.02 Å². The van der Waals surface area contributed by atoms with Gasteiger partial charge >= 0.3 is 5.97 Å². The van der Waals surface area contributed by atoms with Crippen molar-refractivity contribution in [2.45, 2.75) is 13.3 Å². The summed E-state index contributed by atoms with van der Waals surface area (Å²) in [6.07, 6.45) is 0.741. The number of carbonyl (C=O) groups is 2. The molecule has 0 spiro atoms. The topological polar surface area (TPSA) is 67.8 Å². The first-order valence-electron chi connectivity index (χ1n) is 5.35. The number of nitrogens with one attached hydrogen (secondary N) is 1. The highest BCUT2D eigenvalue weighted by Crippen LogP contribution is 2.12. The van der Waals surface area contributed by atoms with Crippen LogP contribution in [0.25, 0.3) is 0 Å². The van der Waals surface area contributed by atoms with Gasteiger partial charge in [-0.15, -0.1) is 0 Å². The molecule has 0 saturated carbocycles. The van der Waals surface area contributed by atoms with E-state index in [1.165, 1.54) is 0 Å². The first-order chi connectivity index (χ1) is 8.61.